The van der Waals surface area contributed by atoms with Crippen LogP contribution in [0.3, 0.4) is 0 Å². The molecule has 0 aromatic heterocycles. The van der Waals surface area contributed by atoms with Crippen molar-refractivity contribution in [3.8, 4) is 0 Å². The quantitative estimate of drug-likeness (QED) is 0.800. The lowest BCUT2D eigenvalue weighted by Gasteiger charge is -2.38. The molecule has 4 heteroatoms. The summed E-state index contributed by atoms with van der Waals surface area (Å²) in [5, 5.41) is 21.5. The minimum Gasteiger partial charge on any atom is -0.392 e. The Hall–Kier alpha value is -1.39. The smallest absolute Gasteiger partial charge is 0.227 e. The maximum atomic E-state index is 12.5. The molecule has 3 N–H and O–H groups in total. The minimum absolute atomic E-state index is 0.0360. The molecule has 0 saturated heterocycles. The standard InChI is InChI=1S/C18H27NO3/c1-12-6-14(9-18(2,3)8-12)17(22)19-16-5-4-13(10-20)15(7-16)11-21/h4-5,7,12,14,20-21H,6,8-11H2,1-3H3,(H,19,22). The number of hydrogen-bond donors (Lipinski definition) is 3. The Balaban J connectivity index is 2.08. The van der Waals surface area contributed by atoms with Crippen LogP contribution in [0.25, 0.3) is 0 Å². The second-order valence-electron chi connectivity index (χ2n) is 7.40. The van der Waals surface area contributed by atoms with Crippen LogP contribution in [0.15, 0.2) is 18.2 Å². The molecule has 1 fully saturated rings. The first-order chi connectivity index (χ1) is 10.3. The van der Waals surface area contributed by atoms with E-state index >= 15 is 0 Å². The van der Waals surface area contributed by atoms with Gasteiger partial charge in [0.05, 0.1) is 13.2 Å². The molecule has 0 radical (unpaired) electrons. The SMILES string of the molecule is CC1CC(C(=O)Nc2ccc(CO)c(CO)c2)CC(C)(C)C1. The summed E-state index contributed by atoms with van der Waals surface area (Å²) in [6, 6.07) is 5.26. The van der Waals surface area contributed by atoms with Crippen LogP contribution in [-0.2, 0) is 18.0 Å². The number of hydrogen-bond acceptors (Lipinski definition) is 3. The van der Waals surface area contributed by atoms with Crippen LogP contribution < -0.4 is 5.32 Å². The molecule has 0 heterocycles. The molecular weight excluding hydrogens is 278 g/mol. The molecule has 1 aliphatic carbocycles. The van der Waals surface area contributed by atoms with Crippen molar-refractivity contribution in [3.05, 3.63) is 29.3 Å². The van der Waals surface area contributed by atoms with Gasteiger partial charge in [-0.2, -0.15) is 0 Å². The highest BCUT2D eigenvalue weighted by Crippen LogP contribution is 2.42. The summed E-state index contributed by atoms with van der Waals surface area (Å²) in [6.45, 7) is 6.40. The topological polar surface area (TPSA) is 69.6 Å². The highest BCUT2D eigenvalue weighted by molar-refractivity contribution is 5.92. The fourth-order valence-corrected chi connectivity index (χ4v) is 3.80. The van der Waals surface area contributed by atoms with Gasteiger partial charge in [-0.3, -0.25) is 4.79 Å². The summed E-state index contributed by atoms with van der Waals surface area (Å²) in [7, 11) is 0. The van der Waals surface area contributed by atoms with Crippen molar-refractivity contribution < 1.29 is 15.0 Å². The van der Waals surface area contributed by atoms with Gasteiger partial charge >= 0.3 is 0 Å². The van der Waals surface area contributed by atoms with E-state index in [1.165, 1.54) is 0 Å². The van der Waals surface area contributed by atoms with Gasteiger partial charge < -0.3 is 15.5 Å². The van der Waals surface area contributed by atoms with Gasteiger partial charge in [0.25, 0.3) is 0 Å². The summed E-state index contributed by atoms with van der Waals surface area (Å²) in [5.74, 6) is 0.651. The first-order valence-corrected chi connectivity index (χ1v) is 7.99. The van der Waals surface area contributed by atoms with E-state index in [2.05, 4.69) is 26.1 Å². The third-order valence-corrected chi connectivity index (χ3v) is 4.57. The lowest BCUT2D eigenvalue weighted by atomic mass is 9.68. The summed E-state index contributed by atoms with van der Waals surface area (Å²) >= 11 is 0. The van der Waals surface area contributed by atoms with Crippen LogP contribution in [0.2, 0.25) is 0 Å². The monoisotopic (exact) mass is 305 g/mol. The van der Waals surface area contributed by atoms with E-state index < -0.39 is 0 Å². The molecule has 0 spiro atoms. The molecule has 2 unspecified atom stereocenters. The Kier molecular flexibility index (Phi) is 5.24. The van der Waals surface area contributed by atoms with Crippen molar-refractivity contribution in [2.75, 3.05) is 5.32 Å². The third-order valence-electron chi connectivity index (χ3n) is 4.57. The molecular formula is C18H27NO3. The fraction of sp³-hybridized carbons (Fsp3) is 0.611. The summed E-state index contributed by atoms with van der Waals surface area (Å²) in [6.07, 6.45) is 3.00. The predicted octanol–water partition coefficient (Wildman–Crippen LogP) is 3.07. The summed E-state index contributed by atoms with van der Waals surface area (Å²) in [4.78, 5) is 12.5. The van der Waals surface area contributed by atoms with Crippen molar-refractivity contribution in [2.45, 2.75) is 53.2 Å². The zero-order valence-electron chi connectivity index (χ0n) is 13.7. The van der Waals surface area contributed by atoms with E-state index in [9.17, 15) is 15.0 Å². The number of amides is 1. The minimum atomic E-state index is -0.146. The van der Waals surface area contributed by atoms with Crippen LogP contribution in [-0.4, -0.2) is 16.1 Å². The van der Waals surface area contributed by atoms with E-state index in [1.807, 2.05) is 0 Å². The van der Waals surface area contributed by atoms with Gasteiger partial charge in [-0.15, -0.1) is 0 Å². The highest BCUT2D eigenvalue weighted by atomic mass is 16.3. The van der Waals surface area contributed by atoms with Gasteiger partial charge in [-0.25, -0.2) is 0 Å². The molecule has 1 aromatic carbocycles. The summed E-state index contributed by atoms with van der Waals surface area (Å²) < 4.78 is 0. The van der Waals surface area contributed by atoms with E-state index in [-0.39, 0.29) is 30.5 Å². The fourth-order valence-electron chi connectivity index (χ4n) is 3.80. The van der Waals surface area contributed by atoms with Crippen LogP contribution >= 0.6 is 0 Å². The maximum absolute atomic E-state index is 12.5. The van der Waals surface area contributed by atoms with E-state index in [1.54, 1.807) is 18.2 Å². The molecule has 2 atom stereocenters. The molecule has 1 aliphatic rings. The molecule has 4 nitrogen and oxygen atoms in total. The second-order valence-corrected chi connectivity index (χ2v) is 7.40. The average molecular weight is 305 g/mol. The molecule has 0 bridgehead atoms. The van der Waals surface area contributed by atoms with Gasteiger partial charge in [0, 0.05) is 11.6 Å². The van der Waals surface area contributed by atoms with Crippen LogP contribution in [0, 0.1) is 17.3 Å². The molecule has 1 saturated carbocycles. The van der Waals surface area contributed by atoms with Crippen LogP contribution in [0.4, 0.5) is 5.69 Å². The zero-order valence-corrected chi connectivity index (χ0v) is 13.7. The first kappa shape index (κ1) is 17.0. The number of carbonyl (C=O) groups is 1. The summed E-state index contributed by atoms with van der Waals surface area (Å²) in [5.41, 5.74) is 2.23. The maximum Gasteiger partial charge on any atom is 0.227 e. The Bertz CT molecular complexity index is 539. The van der Waals surface area contributed by atoms with E-state index in [0.717, 1.165) is 19.3 Å². The molecule has 2 rings (SSSR count). The van der Waals surface area contributed by atoms with Crippen molar-refractivity contribution >= 4 is 11.6 Å². The number of rotatable bonds is 4. The van der Waals surface area contributed by atoms with Gasteiger partial charge in [-0.05, 0) is 53.9 Å². The number of benzene rings is 1. The van der Waals surface area contributed by atoms with Crippen molar-refractivity contribution in [2.24, 2.45) is 17.3 Å². The second kappa shape index (κ2) is 6.80. The van der Waals surface area contributed by atoms with Gasteiger partial charge in [0.2, 0.25) is 5.91 Å². The number of aliphatic hydroxyl groups is 2. The van der Waals surface area contributed by atoms with Crippen molar-refractivity contribution in [1.82, 2.24) is 0 Å². The normalized spacial score (nSPS) is 24.0. The van der Waals surface area contributed by atoms with Gasteiger partial charge in [0.15, 0.2) is 0 Å². The number of anilines is 1. The number of nitrogens with one attached hydrogen (secondary N) is 1. The van der Waals surface area contributed by atoms with Gasteiger partial charge in [0.1, 0.15) is 0 Å². The van der Waals surface area contributed by atoms with E-state index in [0.29, 0.717) is 22.7 Å². The number of aliphatic hydroxyl groups excluding tert-OH is 2. The Morgan fingerprint density at radius 2 is 1.91 bits per heavy atom. The van der Waals surface area contributed by atoms with Gasteiger partial charge in [-0.1, -0.05) is 26.8 Å². The van der Waals surface area contributed by atoms with Crippen molar-refractivity contribution in [3.63, 3.8) is 0 Å². The molecule has 1 aromatic rings. The third kappa shape index (κ3) is 4.08. The molecule has 22 heavy (non-hydrogen) atoms. The predicted molar refractivity (Wildman–Crippen MR) is 87.2 cm³/mol. The average Bonchev–Trinajstić information content (AvgIpc) is 2.44. The molecule has 122 valence electrons. The van der Waals surface area contributed by atoms with Crippen LogP contribution in [0.5, 0.6) is 0 Å². The molecule has 0 aliphatic heterocycles. The van der Waals surface area contributed by atoms with E-state index in [4.69, 9.17) is 0 Å². The number of carbonyl (C=O) groups excluding carboxylic acids is 1. The van der Waals surface area contributed by atoms with Crippen molar-refractivity contribution in [1.29, 1.82) is 0 Å². The lowest BCUT2D eigenvalue weighted by Crippen LogP contribution is -2.34. The highest BCUT2D eigenvalue weighted by Gasteiger charge is 2.35. The zero-order chi connectivity index (χ0) is 16.3. The first-order valence-electron chi connectivity index (χ1n) is 7.99. The Labute approximate surface area is 132 Å². The molecule has 1 amide bonds. The lowest BCUT2D eigenvalue weighted by molar-refractivity contribution is -0.122. The van der Waals surface area contributed by atoms with Crippen LogP contribution in [0.1, 0.15) is 51.2 Å². The Morgan fingerprint density at radius 3 is 2.50 bits per heavy atom. The largest absolute Gasteiger partial charge is 0.392 e. The Morgan fingerprint density at radius 1 is 1.23 bits per heavy atom.